The van der Waals surface area contributed by atoms with Crippen LogP contribution in [0.25, 0.3) is 11.1 Å². The summed E-state index contributed by atoms with van der Waals surface area (Å²) in [5, 5.41) is 0. The summed E-state index contributed by atoms with van der Waals surface area (Å²) in [4.78, 5) is 11.8. The molecule has 0 atom stereocenters. The first kappa shape index (κ1) is 12.6. The topological polar surface area (TPSA) is 26.3 Å². The van der Waals surface area contributed by atoms with Crippen molar-refractivity contribution >= 4 is 5.97 Å². The molecule has 0 fully saturated rings. The number of carbonyl (C=O) groups excluding carboxylic acids is 1. The lowest BCUT2D eigenvalue weighted by molar-refractivity contribution is 0.0528. The molecule has 18 heavy (non-hydrogen) atoms. The molecule has 2 rings (SSSR count). The van der Waals surface area contributed by atoms with Gasteiger partial charge in [0.15, 0.2) is 0 Å². The minimum Gasteiger partial charge on any atom is -0.462 e. The summed E-state index contributed by atoms with van der Waals surface area (Å²) in [5.41, 5.74) is 3.95. The van der Waals surface area contributed by atoms with Crippen LogP contribution >= 0.6 is 0 Å². The molecule has 0 radical (unpaired) electrons. The molecule has 0 aromatic rings. The number of carbonyl (C=O) groups is 1. The fourth-order valence-electron chi connectivity index (χ4n) is 2.03. The maximum absolute atomic E-state index is 11.8. The Morgan fingerprint density at radius 2 is 1.78 bits per heavy atom. The van der Waals surface area contributed by atoms with Crippen LogP contribution in [0.3, 0.4) is 0 Å². The monoisotopic (exact) mass is 242 g/mol. The molecular formula is C16H18O2. The van der Waals surface area contributed by atoms with Crippen molar-refractivity contribution in [3.63, 3.8) is 0 Å². The molecule has 0 N–H and O–H groups in total. The van der Waals surface area contributed by atoms with E-state index >= 15 is 0 Å². The van der Waals surface area contributed by atoms with E-state index in [2.05, 4.69) is 32.0 Å². The molecule has 2 aliphatic carbocycles. The van der Waals surface area contributed by atoms with E-state index < -0.39 is 0 Å². The Kier molecular flexibility index (Phi) is 3.66. The minimum absolute atomic E-state index is 0.246. The van der Waals surface area contributed by atoms with Crippen molar-refractivity contribution in [1.82, 2.24) is 0 Å². The molecule has 0 aliphatic heterocycles. The average Bonchev–Trinajstić information content (AvgIpc) is 2.61. The molecule has 0 saturated heterocycles. The smallest absolute Gasteiger partial charge is 0.338 e. The SMILES string of the molecule is CCOC(=O)c1ccc2ccc(C(C)C)ccc1-2. The predicted molar refractivity (Wildman–Crippen MR) is 73.1 cm³/mol. The van der Waals surface area contributed by atoms with E-state index in [-0.39, 0.29) is 5.97 Å². The summed E-state index contributed by atoms with van der Waals surface area (Å²) < 4.78 is 5.06. The van der Waals surface area contributed by atoms with E-state index in [0.717, 1.165) is 11.1 Å². The van der Waals surface area contributed by atoms with Gasteiger partial charge in [-0.1, -0.05) is 44.2 Å². The third-order valence-corrected chi connectivity index (χ3v) is 3.09. The van der Waals surface area contributed by atoms with Crippen LogP contribution in [0, 0.1) is 0 Å². The van der Waals surface area contributed by atoms with Crippen molar-refractivity contribution in [1.29, 1.82) is 0 Å². The van der Waals surface area contributed by atoms with Crippen LogP contribution < -0.4 is 0 Å². The second-order valence-corrected chi connectivity index (χ2v) is 4.66. The summed E-state index contributed by atoms with van der Waals surface area (Å²) in [6.45, 7) is 6.54. The van der Waals surface area contributed by atoms with Crippen molar-refractivity contribution in [2.24, 2.45) is 0 Å². The molecular weight excluding hydrogens is 224 g/mol. The molecule has 0 aromatic carbocycles. The highest BCUT2D eigenvalue weighted by Crippen LogP contribution is 2.29. The van der Waals surface area contributed by atoms with Crippen molar-refractivity contribution in [3.8, 4) is 11.1 Å². The largest absolute Gasteiger partial charge is 0.462 e. The van der Waals surface area contributed by atoms with E-state index in [4.69, 9.17) is 4.74 Å². The zero-order chi connectivity index (χ0) is 13.1. The fourth-order valence-corrected chi connectivity index (χ4v) is 2.03. The molecule has 0 heterocycles. The third kappa shape index (κ3) is 2.37. The van der Waals surface area contributed by atoms with Crippen molar-refractivity contribution in [2.75, 3.05) is 6.61 Å². The van der Waals surface area contributed by atoms with Crippen LogP contribution in [0.2, 0.25) is 0 Å². The summed E-state index contributed by atoms with van der Waals surface area (Å²) in [7, 11) is 0. The van der Waals surface area contributed by atoms with Gasteiger partial charge in [-0.25, -0.2) is 4.79 Å². The van der Waals surface area contributed by atoms with Crippen molar-refractivity contribution in [3.05, 3.63) is 47.5 Å². The molecule has 0 bridgehead atoms. The highest BCUT2D eigenvalue weighted by atomic mass is 16.5. The first-order valence-corrected chi connectivity index (χ1v) is 6.33. The van der Waals surface area contributed by atoms with Crippen LogP contribution in [0.1, 0.15) is 42.6 Å². The van der Waals surface area contributed by atoms with Crippen LogP contribution in [-0.2, 0) is 4.74 Å². The van der Waals surface area contributed by atoms with Crippen LogP contribution in [-0.4, -0.2) is 12.6 Å². The summed E-state index contributed by atoms with van der Waals surface area (Å²) in [6, 6.07) is 12.1. The summed E-state index contributed by atoms with van der Waals surface area (Å²) in [5.74, 6) is 0.234. The first-order chi connectivity index (χ1) is 8.63. The molecule has 0 unspecified atom stereocenters. The molecule has 2 heteroatoms. The molecule has 2 aliphatic rings. The third-order valence-electron chi connectivity index (χ3n) is 3.09. The van der Waals surface area contributed by atoms with E-state index in [1.54, 1.807) is 0 Å². The maximum Gasteiger partial charge on any atom is 0.338 e. The van der Waals surface area contributed by atoms with Gasteiger partial charge in [-0.15, -0.1) is 0 Å². The Balaban J connectivity index is 2.46. The lowest BCUT2D eigenvalue weighted by Gasteiger charge is -2.01. The van der Waals surface area contributed by atoms with Crippen molar-refractivity contribution < 1.29 is 9.53 Å². The standard InChI is InChI=1S/C16H18O2/c1-4-18-16(17)15-10-8-13-6-5-12(11(2)3)7-9-14(13)15/h5-11H,4H2,1-3H3. The van der Waals surface area contributed by atoms with E-state index in [0.29, 0.717) is 18.1 Å². The zero-order valence-electron chi connectivity index (χ0n) is 11.1. The zero-order valence-corrected chi connectivity index (χ0v) is 11.1. The van der Waals surface area contributed by atoms with Crippen molar-refractivity contribution in [2.45, 2.75) is 26.7 Å². The molecule has 0 amide bonds. The highest BCUT2D eigenvalue weighted by molar-refractivity contribution is 5.98. The molecule has 0 spiro atoms. The Morgan fingerprint density at radius 3 is 2.44 bits per heavy atom. The van der Waals surface area contributed by atoms with Crippen LogP contribution in [0.4, 0.5) is 0 Å². The molecule has 94 valence electrons. The second-order valence-electron chi connectivity index (χ2n) is 4.66. The van der Waals surface area contributed by atoms with Gasteiger partial charge in [0.05, 0.1) is 12.2 Å². The van der Waals surface area contributed by atoms with E-state index in [1.165, 1.54) is 5.56 Å². The second kappa shape index (κ2) is 5.21. The van der Waals surface area contributed by atoms with Gasteiger partial charge in [0.2, 0.25) is 0 Å². The van der Waals surface area contributed by atoms with Crippen LogP contribution in [0.5, 0.6) is 0 Å². The van der Waals surface area contributed by atoms with Gasteiger partial charge in [-0.05, 0) is 35.6 Å². The van der Waals surface area contributed by atoms with Gasteiger partial charge in [-0.3, -0.25) is 0 Å². The van der Waals surface area contributed by atoms with Gasteiger partial charge in [0.25, 0.3) is 0 Å². The van der Waals surface area contributed by atoms with Gasteiger partial charge in [0.1, 0.15) is 0 Å². The Bertz CT molecular complexity index is 529. The van der Waals surface area contributed by atoms with Gasteiger partial charge in [-0.2, -0.15) is 0 Å². The Morgan fingerprint density at radius 1 is 1.11 bits per heavy atom. The number of hydrogen-bond acceptors (Lipinski definition) is 2. The lowest BCUT2D eigenvalue weighted by atomic mass is 10.1. The number of esters is 1. The number of ether oxygens (including phenoxy) is 1. The molecule has 2 nitrogen and oxygen atoms in total. The first-order valence-electron chi connectivity index (χ1n) is 6.33. The van der Waals surface area contributed by atoms with Gasteiger partial charge in [0, 0.05) is 0 Å². The normalized spacial score (nSPS) is 10.9. The fraction of sp³-hybridized carbons (Fsp3) is 0.312. The summed E-state index contributed by atoms with van der Waals surface area (Å²) in [6.07, 6.45) is 0. The Labute approximate surface area is 108 Å². The number of rotatable bonds is 3. The number of hydrogen-bond donors (Lipinski definition) is 0. The highest BCUT2D eigenvalue weighted by Gasteiger charge is 2.15. The molecule has 0 saturated carbocycles. The Hall–Kier alpha value is -1.83. The van der Waals surface area contributed by atoms with Gasteiger partial charge < -0.3 is 4.74 Å². The average molecular weight is 242 g/mol. The lowest BCUT2D eigenvalue weighted by Crippen LogP contribution is -2.03. The summed E-state index contributed by atoms with van der Waals surface area (Å²) >= 11 is 0. The maximum atomic E-state index is 11.8. The van der Waals surface area contributed by atoms with Gasteiger partial charge >= 0.3 is 5.97 Å². The number of fused-ring (bicyclic) bond motifs is 1. The minimum atomic E-state index is -0.246. The molecule has 0 aromatic heterocycles. The van der Waals surface area contributed by atoms with E-state index in [9.17, 15) is 4.79 Å². The van der Waals surface area contributed by atoms with E-state index in [1.807, 2.05) is 25.1 Å². The quantitative estimate of drug-likeness (QED) is 0.758. The predicted octanol–water partition coefficient (Wildman–Crippen LogP) is 4.09. The van der Waals surface area contributed by atoms with Crippen LogP contribution in [0.15, 0.2) is 36.4 Å².